The molecule has 1 aromatic carbocycles. The summed E-state index contributed by atoms with van der Waals surface area (Å²) < 4.78 is 38.4. The molecule has 1 saturated heterocycles. The molecule has 2 aliphatic rings. The van der Waals surface area contributed by atoms with E-state index in [4.69, 9.17) is 5.21 Å². The van der Waals surface area contributed by atoms with E-state index in [9.17, 15) is 13.2 Å². The number of alkyl halides is 3. The Kier molecular flexibility index (Phi) is 3.55. The number of hydrogen-bond acceptors (Lipinski definition) is 5. The zero-order chi connectivity index (χ0) is 17.6. The van der Waals surface area contributed by atoms with Crippen LogP contribution in [0, 0.1) is 0 Å². The zero-order valence-electron chi connectivity index (χ0n) is 13.1. The first-order valence-electron chi connectivity index (χ1n) is 7.83. The highest BCUT2D eigenvalue weighted by molar-refractivity contribution is 5.95. The first kappa shape index (κ1) is 15.7. The van der Waals surface area contributed by atoms with Crippen LogP contribution in [0.2, 0.25) is 0 Å². The van der Waals surface area contributed by atoms with Crippen LogP contribution in [0.15, 0.2) is 47.8 Å². The van der Waals surface area contributed by atoms with Crippen molar-refractivity contribution in [1.82, 2.24) is 4.98 Å². The fourth-order valence-corrected chi connectivity index (χ4v) is 3.46. The summed E-state index contributed by atoms with van der Waals surface area (Å²) in [7, 11) is 0. The average Bonchev–Trinajstić information content (AvgIpc) is 3.04. The molecule has 0 spiro atoms. The van der Waals surface area contributed by atoms with E-state index < -0.39 is 11.7 Å². The van der Waals surface area contributed by atoms with Gasteiger partial charge in [0.15, 0.2) is 5.82 Å². The topological polar surface area (TPSA) is 52.0 Å². The molecule has 0 aliphatic carbocycles. The maximum atomic E-state index is 12.8. The summed E-state index contributed by atoms with van der Waals surface area (Å²) in [5.74, 6) is 0.747. The van der Waals surface area contributed by atoms with E-state index in [-0.39, 0.29) is 6.04 Å². The Labute approximate surface area is 142 Å². The Hall–Kier alpha value is -2.77. The van der Waals surface area contributed by atoms with Gasteiger partial charge in [0.05, 0.1) is 29.5 Å². The zero-order valence-corrected chi connectivity index (χ0v) is 13.1. The van der Waals surface area contributed by atoms with Gasteiger partial charge in [-0.05, 0) is 36.4 Å². The quantitative estimate of drug-likeness (QED) is 0.631. The lowest BCUT2D eigenvalue weighted by Gasteiger charge is -2.39. The smallest absolute Gasteiger partial charge is 0.411 e. The van der Waals surface area contributed by atoms with E-state index in [1.807, 2.05) is 11.0 Å². The van der Waals surface area contributed by atoms with Gasteiger partial charge >= 0.3 is 6.18 Å². The third-order valence-electron chi connectivity index (χ3n) is 4.63. The molecule has 0 amide bonds. The Morgan fingerprint density at radius 3 is 2.60 bits per heavy atom. The molecule has 4 rings (SSSR count). The van der Waals surface area contributed by atoms with Gasteiger partial charge in [-0.25, -0.2) is 4.98 Å². The molecular formula is C17H15F3N4O. The van der Waals surface area contributed by atoms with E-state index in [2.05, 4.69) is 15.0 Å². The molecule has 3 heterocycles. The number of fused-ring (bicyclic) bond motifs is 3. The molecule has 25 heavy (non-hydrogen) atoms. The van der Waals surface area contributed by atoms with Crippen molar-refractivity contribution in [3.05, 3.63) is 48.2 Å². The van der Waals surface area contributed by atoms with Crippen LogP contribution in [0.25, 0.3) is 0 Å². The summed E-state index contributed by atoms with van der Waals surface area (Å²) in [6.45, 7) is 1.09. The fraction of sp³-hybridized carbons (Fsp3) is 0.294. The number of hydrogen-bond donors (Lipinski definition) is 1. The molecule has 1 fully saturated rings. The molecule has 0 saturated carbocycles. The number of nitrogens with zero attached hydrogens (tertiary/aromatic N) is 4. The SMILES string of the molecule is O/N=C1/C[C@@H]2CN(c3ccc(C(F)(F)F)cc3)c3cccnc3N2C1. The summed E-state index contributed by atoms with van der Waals surface area (Å²) in [4.78, 5) is 8.47. The van der Waals surface area contributed by atoms with Gasteiger partial charge in [0.1, 0.15) is 0 Å². The lowest BCUT2D eigenvalue weighted by molar-refractivity contribution is -0.137. The summed E-state index contributed by atoms with van der Waals surface area (Å²) in [6, 6.07) is 8.89. The second-order valence-corrected chi connectivity index (χ2v) is 6.15. The Morgan fingerprint density at radius 2 is 1.92 bits per heavy atom. The summed E-state index contributed by atoms with van der Waals surface area (Å²) in [6.07, 6.45) is -2.07. The van der Waals surface area contributed by atoms with E-state index in [1.54, 1.807) is 12.3 Å². The average molecular weight is 348 g/mol. The van der Waals surface area contributed by atoms with Crippen LogP contribution in [0.1, 0.15) is 12.0 Å². The number of aromatic nitrogens is 1. The number of benzene rings is 1. The van der Waals surface area contributed by atoms with Crippen molar-refractivity contribution in [3.8, 4) is 0 Å². The summed E-state index contributed by atoms with van der Waals surface area (Å²) >= 11 is 0. The Bertz CT molecular complexity index is 819. The van der Waals surface area contributed by atoms with Crippen molar-refractivity contribution in [1.29, 1.82) is 0 Å². The van der Waals surface area contributed by atoms with Gasteiger partial charge in [-0.15, -0.1) is 0 Å². The number of oxime groups is 1. The lowest BCUT2D eigenvalue weighted by Crippen LogP contribution is -2.44. The maximum Gasteiger partial charge on any atom is 0.416 e. The van der Waals surface area contributed by atoms with Gasteiger partial charge in [0, 0.05) is 24.8 Å². The molecule has 1 atom stereocenters. The summed E-state index contributed by atoms with van der Waals surface area (Å²) in [5, 5.41) is 12.4. The molecule has 2 aliphatic heterocycles. The predicted octanol–water partition coefficient (Wildman–Crippen LogP) is 3.66. The van der Waals surface area contributed by atoms with Crippen LogP contribution in [0.3, 0.4) is 0 Å². The largest absolute Gasteiger partial charge is 0.416 e. The number of rotatable bonds is 1. The van der Waals surface area contributed by atoms with Gasteiger partial charge in [0.25, 0.3) is 0 Å². The molecule has 1 aromatic heterocycles. The van der Waals surface area contributed by atoms with Gasteiger partial charge in [-0.3, -0.25) is 0 Å². The van der Waals surface area contributed by atoms with Crippen molar-refractivity contribution < 1.29 is 18.4 Å². The molecule has 130 valence electrons. The molecule has 2 aromatic rings. The van der Waals surface area contributed by atoms with E-state index in [1.165, 1.54) is 12.1 Å². The van der Waals surface area contributed by atoms with Gasteiger partial charge in [0.2, 0.25) is 0 Å². The standard InChI is InChI=1S/C17H15F3N4O/c18-17(19,20)11-3-5-13(6-4-11)23-10-14-8-12(22-25)9-24(14)16-15(23)2-1-7-21-16/h1-7,14,25H,8-10H2/b22-12-/t14-/m1/s1. The molecule has 1 N–H and O–H groups in total. The van der Waals surface area contributed by atoms with Gasteiger partial charge in [-0.1, -0.05) is 5.16 Å². The van der Waals surface area contributed by atoms with Crippen LogP contribution in [-0.4, -0.2) is 35.0 Å². The lowest BCUT2D eigenvalue weighted by atomic mass is 10.1. The van der Waals surface area contributed by atoms with Crippen LogP contribution >= 0.6 is 0 Å². The van der Waals surface area contributed by atoms with E-state index >= 15 is 0 Å². The van der Waals surface area contributed by atoms with Crippen LogP contribution in [-0.2, 0) is 6.18 Å². The monoisotopic (exact) mass is 348 g/mol. The number of anilines is 3. The minimum absolute atomic E-state index is 0.0654. The minimum Gasteiger partial charge on any atom is -0.411 e. The second-order valence-electron chi connectivity index (χ2n) is 6.15. The molecule has 0 radical (unpaired) electrons. The molecule has 0 bridgehead atoms. The summed E-state index contributed by atoms with van der Waals surface area (Å²) in [5.41, 5.74) is 1.52. The fourth-order valence-electron chi connectivity index (χ4n) is 3.46. The first-order chi connectivity index (χ1) is 12.0. The molecular weight excluding hydrogens is 333 g/mol. The number of halogens is 3. The molecule has 8 heteroatoms. The highest BCUT2D eigenvalue weighted by Crippen LogP contribution is 2.41. The molecule has 5 nitrogen and oxygen atoms in total. The van der Waals surface area contributed by atoms with Gasteiger partial charge < -0.3 is 15.0 Å². The van der Waals surface area contributed by atoms with Crippen LogP contribution < -0.4 is 9.80 Å². The highest BCUT2D eigenvalue weighted by atomic mass is 19.4. The Morgan fingerprint density at radius 1 is 1.16 bits per heavy atom. The maximum absolute atomic E-state index is 12.8. The van der Waals surface area contributed by atoms with E-state index in [0.29, 0.717) is 30.9 Å². The third kappa shape index (κ3) is 2.67. The third-order valence-corrected chi connectivity index (χ3v) is 4.63. The first-order valence-corrected chi connectivity index (χ1v) is 7.83. The van der Waals surface area contributed by atoms with Crippen molar-refractivity contribution in [2.45, 2.75) is 18.6 Å². The minimum atomic E-state index is -4.35. The van der Waals surface area contributed by atoms with Crippen molar-refractivity contribution in [2.24, 2.45) is 5.16 Å². The van der Waals surface area contributed by atoms with Crippen molar-refractivity contribution in [3.63, 3.8) is 0 Å². The Balaban J connectivity index is 1.72. The predicted molar refractivity (Wildman–Crippen MR) is 87.7 cm³/mol. The normalized spacial score (nSPS) is 21.4. The van der Waals surface area contributed by atoms with Crippen LogP contribution in [0.5, 0.6) is 0 Å². The molecule has 0 unspecified atom stereocenters. The van der Waals surface area contributed by atoms with E-state index in [0.717, 1.165) is 23.6 Å². The van der Waals surface area contributed by atoms with Crippen LogP contribution in [0.4, 0.5) is 30.4 Å². The highest BCUT2D eigenvalue weighted by Gasteiger charge is 2.38. The van der Waals surface area contributed by atoms with Gasteiger partial charge in [-0.2, -0.15) is 13.2 Å². The second kappa shape index (κ2) is 5.65. The van der Waals surface area contributed by atoms with Crippen molar-refractivity contribution >= 4 is 22.9 Å². The van der Waals surface area contributed by atoms with Crippen molar-refractivity contribution in [2.75, 3.05) is 22.9 Å². The number of pyridine rings is 1.